The van der Waals surface area contributed by atoms with Gasteiger partial charge in [0.05, 0.1) is 11.6 Å². The van der Waals surface area contributed by atoms with E-state index in [1.54, 1.807) is 0 Å². The molecule has 0 N–H and O–H groups in total. The summed E-state index contributed by atoms with van der Waals surface area (Å²) >= 11 is 0. The van der Waals surface area contributed by atoms with Crippen molar-refractivity contribution in [3.63, 3.8) is 0 Å². The Hall–Kier alpha value is -1.68. The molecule has 1 atom stereocenters. The summed E-state index contributed by atoms with van der Waals surface area (Å²) in [5.41, 5.74) is 7.40. The largest absolute Gasteiger partial charge is 0.416 e. The van der Waals surface area contributed by atoms with Gasteiger partial charge in [-0.25, -0.2) is 0 Å². The van der Waals surface area contributed by atoms with Crippen LogP contribution in [-0.4, -0.2) is 0 Å². The molecule has 1 aromatic rings. The Morgan fingerprint density at radius 2 is 1.93 bits per heavy atom. The van der Waals surface area contributed by atoms with Gasteiger partial charge in [-0.2, -0.15) is 13.2 Å². The Bertz CT molecular complexity index is 394. The molecule has 3 nitrogen and oxygen atoms in total. The van der Waals surface area contributed by atoms with Gasteiger partial charge in [0.15, 0.2) is 0 Å². The van der Waals surface area contributed by atoms with E-state index in [-0.39, 0.29) is 5.56 Å². The molecule has 0 spiro atoms. The van der Waals surface area contributed by atoms with Crippen LogP contribution in [0.3, 0.4) is 0 Å². The number of hydrogen-bond acceptors (Lipinski definition) is 1. The highest BCUT2D eigenvalue weighted by Gasteiger charge is 2.33. The first-order valence-electron chi connectivity index (χ1n) is 4.17. The summed E-state index contributed by atoms with van der Waals surface area (Å²) < 4.78 is 37.5. The third-order valence-corrected chi connectivity index (χ3v) is 1.94. The summed E-state index contributed by atoms with van der Waals surface area (Å²) in [6.07, 6.45) is -4.42. The summed E-state index contributed by atoms with van der Waals surface area (Å²) in [5, 5.41) is 3.25. The quantitative estimate of drug-likeness (QED) is 0.405. The molecule has 80 valence electrons. The second kappa shape index (κ2) is 4.23. The SMILES string of the molecule is C[C@@H](N=[N+]=[N-])c1ccccc1C(F)(F)F. The fraction of sp³-hybridized carbons (Fsp3) is 0.333. The third-order valence-electron chi connectivity index (χ3n) is 1.94. The number of benzene rings is 1. The van der Waals surface area contributed by atoms with Crippen molar-refractivity contribution in [2.24, 2.45) is 5.11 Å². The van der Waals surface area contributed by atoms with E-state index in [1.807, 2.05) is 0 Å². The monoisotopic (exact) mass is 215 g/mol. The molecule has 0 bridgehead atoms. The Labute approximate surface area is 84.2 Å². The first-order valence-corrected chi connectivity index (χ1v) is 4.17. The Morgan fingerprint density at radius 1 is 1.33 bits per heavy atom. The molecule has 1 aromatic carbocycles. The Balaban J connectivity index is 3.23. The maximum atomic E-state index is 12.5. The van der Waals surface area contributed by atoms with Gasteiger partial charge in [-0.15, -0.1) is 0 Å². The second-order valence-electron chi connectivity index (χ2n) is 2.97. The minimum atomic E-state index is -4.42. The molecule has 0 radical (unpaired) electrons. The van der Waals surface area contributed by atoms with E-state index in [9.17, 15) is 13.2 Å². The van der Waals surface area contributed by atoms with Crippen LogP contribution in [-0.2, 0) is 6.18 Å². The van der Waals surface area contributed by atoms with Crippen LogP contribution in [0.25, 0.3) is 10.4 Å². The maximum Gasteiger partial charge on any atom is 0.416 e. The molecule has 0 aliphatic heterocycles. The number of rotatable bonds is 2. The number of nitrogens with zero attached hydrogens (tertiary/aromatic N) is 3. The smallest absolute Gasteiger partial charge is 0.166 e. The third kappa shape index (κ3) is 2.63. The van der Waals surface area contributed by atoms with Crippen LogP contribution >= 0.6 is 0 Å². The molecular formula is C9H8F3N3. The second-order valence-corrected chi connectivity index (χ2v) is 2.97. The fourth-order valence-corrected chi connectivity index (χ4v) is 1.26. The van der Waals surface area contributed by atoms with Gasteiger partial charge in [-0.1, -0.05) is 30.2 Å². The molecule has 0 saturated heterocycles. The van der Waals surface area contributed by atoms with Crippen molar-refractivity contribution in [1.82, 2.24) is 0 Å². The van der Waals surface area contributed by atoms with Gasteiger partial charge in [0.2, 0.25) is 0 Å². The van der Waals surface area contributed by atoms with Crippen molar-refractivity contribution >= 4 is 0 Å². The molecular weight excluding hydrogens is 207 g/mol. The van der Waals surface area contributed by atoms with E-state index in [4.69, 9.17) is 5.53 Å². The summed E-state index contributed by atoms with van der Waals surface area (Å²) in [6, 6.07) is 4.23. The zero-order valence-electron chi connectivity index (χ0n) is 7.86. The van der Waals surface area contributed by atoms with Crippen LogP contribution in [0.1, 0.15) is 24.1 Å². The maximum absolute atomic E-state index is 12.5. The molecule has 15 heavy (non-hydrogen) atoms. The van der Waals surface area contributed by atoms with Gasteiger partial charge in [-0.3, -0.25) is 0 Å². The molecule has 0 aromatic heterocycles. The minimum absolute atomic E-state index is 0.0113. The highest BCUT2D eigenvalue weighted by molar-refractivity contribution is 5.32. The van der Waals surface area contributed by atoms with E-state index in [0.717, 1.165) is 6.07 Å². The van der Waals surface area contributed by atoms with E-state index in [1.165, 1.54) is 25.1 Å². The summed E-state index contributed by atoms with van der Waals surface area (Å²) in [7, 11) is 0. The van der Waals surface area contributed by atoms with Crippen molar-refractivity contribution in [3.05, 3.63) is 45.8 Å². The topological polar surface area (TPSA) is 48.8 Å². The van der Waals surface area contributed by atoms with Crippen LogP contribution in [0, 0.1) is 0 Å². The van der Waals surface area contributed by atoms with Gasteiger partial charge in [0.25, 0.3) is 0 Å². The van der Waals surface area contributed by atoms with Crippen LogP contribution in [0.2, 0.25) is 0 Å². The van der Waals surface area contributed by atoms with Gasteiger partial charge in [0, 0.05) is 4.91 Å². The number of hydrogen-bond donors (Lipinski definition) is 0. The van der Waals surface area contributed by atoms with Gasteiger partial charge < -0.3 is 0 Å². The van der Waals surface area contributed by atoms with Crippen molar-refractivity contribution in [3.8, 4) is 0 Å². The molecule has 0 unspecified atom stereocenters. The fourth-order valence-electron chi connectivity index (χ4n) is 1.26. The molecule has 0 fully saturated rings. The average molecular weight is 215 g/mol. The van der Waals surface area contributed by atoms with Gasteiger partial charge in [0.1, 0.15) is 0 Å². The predicted molar refractivity (Wildman–Crippen MR) is 49.0 cm³/mol. The summed E-state index contributed by atoms with van der Waals surface area (Å²) in [4.78, 5) is 2.49. The lowest BCUT2D eigenvalue weighted by Gasteiger charge is -2.14. The van der Waals surface area contributed by atoms with Crippen molar-refractivity contribution in [2.45, 2.75) is 19.1 Å². The molecule has 0 aliphatic rings. The molecule has 0 heterocycles. The average Bonchev–Trinajstić information content (AvgIpc) is 2.17. The normalized spacial score (nSPS) is 13.1. The van der Waals surface area contributed by atoms with Crippen molar-refractivity contribution in [1.29, 1.82) is 0 Å². The lowest BCUT2D eigenvalue weighted by atomic mass is 10.0. The van der Waals surface area contributed by atoms with Crippen LogP contribution in [0.4, 0.5) is 13.2 Å². The first kappa shape index (κ1) is 11.4. The molecule has 0 amide bonds. The van der Waals surface area contributed by atoms with E-state index in [0.29, 0.717) is 0 Å². The number of halogens is 3. The lowest BCUT2D eigenvalue weighted by Crippen LogP contribution is -2.09. The van der Waals surface area contributed by atoms with Crippen LogP contribution in [0.15, 0.2) is 29.4 Å². The van der Waals surface area contributed by atoms with Crippen molar-refractivity contribution in [2.75, 3.05) is 0 Å². The minimum Gasteiger partial charge on any atom is -0.166 e. The summed E-state index contributed by atoms with van der Waals surface area (Å²) in [5.74, 6) is 0. The number of azide groups is 1. The lowest BCUT2D eigenvalue weighted by molar-refractivity contribution is -0.138. The first-order chi connectivity index (χ1) is 6.96. The van der Waals surface area contributed by atoms with E-state index >= 15 is 0 Å². The van der Waals surface area contributed by atoms with Gasteiger partial charge in [-0.05, 0) is 17.2 Å². The zero-order chi connectivity index (χ0) is 11.5. The standard InChI is InChI=1S/C9H8F3N3/c1-6(14-15-13)7-4-2-3-5-8(7)9(10,11)12/h2-6H,1H3/t6-/m1/s1. The Kier molecular flexibility index (Phi) is 3.21. The Morgan fingerprint density at radius 3 is 2.47 bits per heavy atom. The highest BCUT2D eigenvalue weighted by Crippen LogP contribution is 2.35. The van der Waals surface area contributed by atoms with Crippen molar-refractivity contribution < 1.29 is 13.2 Å². The molecule has 0 saturated carbocycles. The van der Waals surface area contributed by atoms with E-state index in [2.05, 4.69) is 10.0 Å². The molecule has 6 heteroatoms. The molecule has 0 aliphatic carbocycles. The van der Waals surface area contributed by atoms with E-state index < -0.39 is 17.8 Å². The van der Waals surface area contributed by atoms with Gasteiger partial charge >= 0.3 is 6.18 Å². The van der Waals surface area contributed by atoms with Crippen LogP contribution < -0.4 is 0 Å². The predicted octanol–water partition coefficient (Wildman–Crippen LogP) is 4.08. The highest BCUT2D eigenvalue weighted by atomic mass is 19.4. The summed E-state index contributed by atoms with van der Waals surface area (Å²) in [6.45, 7) is 1.42. The van der Waals surface area contributed by atoms with Crippen LogP contribution in [0.5, 0.6) is 0 Å². The zero-order valence-corrected chi connectivity index (χ0v) is 7.86. The molecule has 1 rings (SSSR count). The number of alkyl halides is 3.